The Morgan fingerprint density at radius 2 is 1.62 bits per heavy atom. The highest BCUT2D eigenvalue weighted by molar-refractivity contribution is 6.36. The maximum Gasteiger partial charge on any atom is 0.325 e. The Balaban J connectivity index is 1.78. The van der Waals surface area contributed by atoms with Gasteiger partial charge in [0.1, 0.15) is 6.54 Å². The molecule has 2 aromatic carbocycles. The Morgan fingerprint density at radius 1 is 0.969 bits per heavy atom. The highest BCUT2D eigenvalue weighted by Gasteiger charge is 2.15. The molecule has 3 amide bonds. The number of benzene rings is 2. The molecule has 0 heterocycles. The van der Waals surface area contributed by atoms with Crippen LogP contribution in [0.3, 0.4) is 0 Å². The molecule has 8 nitrogen and oxygen atoms in total. The molecular weight excluding hydrogens is 457 g/mol. The predicted molar refractivity (Wildman–Crippen MR) is 122 cm³/mol. The summed E-state index contributed by atoms with van der Waals surface area (Å²) in [6.07, 6.45) is 0. The summed E-state index contributed by atoms with van der Waals surface area (Å²) in [5, 5.41) is 5.45. The minimum Gasteiger partial charge on any atom is -0.454 e. The van der Waals surface area contributed by atoms with E-state index in [2.05, 4.69) is 10.6 Å². The molecule has 2 rings (SSSR count). The number of anilines is 1. The van der Waals surface area contributed by atoms with Gasteiger partial charge in [0.25, 0.3) is 17.7 Å². The summed E-state index contributed by atoms with van der Waals surface area (Å²) < 4.78 is 4.85. The summed E-state index contributed by atoms with van der Waals surface area (Å²) in [4.78, 5) is 49.8. The number of nitrogens with one attached hydrogen (secondary N) is 2. The summed E-state index contributed by atoms with van der Waals surface area (Å²) in [5.41, 5.74) is 1.12. The fourth-order valence-corrected chi connectivity index (χ4v) is 3.20. The first-order chi connectivity index (χ1) is 15.2. The monoisotopic (exact) mass is 479 g/mol. The molecule has 10 heteroatoms. The van der Waals surface area contributed by atoms with Crippen LogP contribution in [0.25, 0.3) is 0 Å². The summed E-state index contributed by atoms with van der Waals surface area (Å²) in [5.74, 6) is -2.02. The van der Waals surface area contributed by atoms with E-state index in [1.807, 2.05) is 13.8 Å². The van der Waals surface area contributed by atoms with E-state index in [4.69, 9.17) is 27.9 Å². The van der Waals surface area contributed by atoms with Crippen LogP contribution in [0.15, 0.2) is 42.5 Å². The van der Waals surface area contributed by atoms with Crippen LogP contribution in [-0.4, -0.2) is 54.8 Å². The Kier molecular flexibility index (Phi) is 9.49. The van der Waals surface area contributed by atoms with Gasteiger partial charge in [-0.15, -0.1) is 0 Å². The highest BCUT2D eigenvalue weighted by atomic mass is 35.5. The van der Waals surface area contributed by atoms with Gasteiger partial charge in [0.15, 0.2) is 6.61 Å². The van der Waals surface area contributed by atoms with Crippen molar-refractivity contribution in [1.29, 1.82) is 0 Å². The minimum atomic E-state index is -0.793. The third-order valence-electron chi connectivity index (χ3n) is 4.40. The van der Waals surface area contributed by atoms with Gasteiger partial charge in [0.2, 0.25) is 0 Å². The molecule has 0 fully saturated rings. The largest absolute Gasteiger partial charge is 0.454 e. The number of halogens is 2. The van der Waals surface area contributed by atoms with Crippen molar-refractivity contribution in [3.8, 4) is 0 Å². The van der Waals surface area contributed by atoms with Gasteiger partial charge < -0.3 is 20.3 Å². The van der Waals surface area contributed by atoms with Crippen molar-refractivity contribution < 1.29 is 23.9 Å². The molecular formula is C22H23Cl2N3O5. The Labute approximate surface area is 195 Å². The van der Waals surface area contributed by atoms with E-state index in [0.29, 0.717) is 29.4 Å². The number of rotatable bonds is 9. The fourth-order valence-electron chi connectivity index (χ4n) is 2.70. The first-order valence-corrected chi connectivity index (χ1v) is 10.6. The zero-order valence-corrected chi connectivity index (χ0v) is 19.1. The number of carbonyl (C=O) groups is 4. The molecule has 0 aliphatic carbocycles. The van der Waals surface area contributed by atoms with Crippen LogP contribution in [0.4, 0.5) is 5.69 Å². The van der Waals surface area contributed by atoms with Crippen molar-refractivity contribution in [2.75, 3.05) is 31.6 Å². The summed E-state index contributed by atoms with van der Waals surface area (Å²) >= 11 is 11.7. The molecule has 0 aliphatic rings. The lowest BCUT2D eigenvalue weighted by Gasteiger charge is -2.18. The molecule has 170 valence electrons. The van der Waals surface area contributed by atoms with Crippen molar-refractivity contribution in [1.82, 2.24) is 10.2 Å². The highest BCUT2D eigenvalue weighted by Crippen LogP contribution is 2.20. The van der Waals surface area contributed by atoms with Crippen LogP contribution >= 0.6 is 23.2 Å². The summed E-state index contributed by atoms with van der Waals surface area (Å²) in [6, 6.07) is 10.7. The zero-order valence-electron chi connectivity index (χ0n) is 17.6. The van der Waals surface area contributed by atoms with E-state index < -0.39 is 30.9 Å². The average molecular weight is 480 g/mol. The second kappa shape index (κ2) is 12.1. The number of carbonyl (C=O) groups excluding carboxylic acids is 4. The third kappa shape index (κ3) is 7.25. The number of hydrogen-bond donors (Lipinski definition) is 2. The van der Waals surface area contributed by atoms with E-state index in [1.54, 1.807) is 29.2 Å². The van der Waals surface area contributed by atoms with Crippen molar-refractivity contribution >= 4 is 52.6 Å². The smallest absolute Gasteiger partial charge is 0.325 e. The van der Waals surface area contributed by atoms with Crippen molar-refractivity contribution in [3.63, 3.8) is 0 Å². The molecule has 0 aliphatic heterocycles. The lowest BCUT2D eigenvalue weighted by molar-refractivity contribution is -0.146. The predicted octanol–water partition coefficient (Wildman–Crippen LogP) is 3.39. The van der Waals surface area contributed by atoms with E-state index >= 15 is 0 Å². The van der Waals surface area contributed by atoms with Gasteiger partial charge in [-0.25, -0.2) is 0 Å². The molecule has 0 bridgehead atoms. The zero-order chi connectivity index (χ0) is 23.7. The molecule has 0 saturated heterocycles. The van der Waals surface area contributed by atoms with Gasteiger partial charge in [-0.3, -0.25) is 19.2 Å². The van der Waals surface area contributed by atoms with Crippen LogP contribution in [0, 0.1) is 0 Å². The molecule has 32 heavy (non-hydrogen) atoms. The first kappa shape index (κ1) is 25.2. The van der Waals surface area contributed by atoms with Gasteiger partial charge in [-0.1, -0.05) is 23.2 Å². The Morgan fingerprint density at radius 3 is 2.22 bits per heavy atom. The molecule has 2 N–H and O–H groups in total. The SMILES string of the molecule is CCN(CC)C(=O)c1ccc(NC(=O)COC(=O)CNC(=O)c2ccc(Cl)cc2Cl)cc1. The molecule has 0 aromatic heterocycles. The van der Waals surface area contributed by atoms with Gasteiger partial charge in [-0.05, 0) is 56.3 Å². The molecule has 0 atom stereocenters. The molecule has 0 radical (unpaired) electrons. The van der Waals surface area contributed by atoms with E-state index in [1.165, 1.54) is 18.2 Å². The van der Waals surface area contributed by atoms with Crippen LogP contribution in [0.5, 0.6) is 0 Å². The topological polar surface area (TPSA) is 105 Å². The van der Waals surface area contributed by atoms with E-state index in [0.717, 1.165) is 0 Å². The van der Waals surface area contributed by atoms with Gasteiger partial charge in [0.05, 0.1) is 10.6 Å². The quantitative estimate of drug-likeness (QED) is 0.536. The maximum atomic E-state index is 12.3. The molecule has 0 spiro atoms. The van der Waals surface area contributed by atoms with E-state index in [9.17, 15) is 19.2 Å². The lowest BCUT2D eigenvalue weighted by atomic mass is 10.2. The Hall–Kier alpha value is -3.10. The second-order valence-corrected chi connectivity index (χ2v) is 7.41. The van der Waals surface area contributed by atoms with Crippen LogP contribution in [0.2, 0.25) is 10.0 Å². The minimum absolute atomic E-state index is 0.0938. The standard InChI is InChI=1S/C22H23Cl2N3O5/c1-3-27(4-2)22(31)14-5-8-16(9-6-14)26-19(28)13-32-20(29)12-25-21(30)17-10-7-15(23)11-18(17)24/h5-11H,3-4,12-13H2,1-2H3,(H,25,30)(H,26,28). The maximum absolute atomic E-state index is 12.3. The fraction of sp³-hybridized carbons (Fsp3) is 0.273. The van der Waals surface area contributed by atoms with Gasteiger partial charge in [-0.2, -0.15) is 0 Å². The van der Waals surface area contributed by atoms with Crippen LogP contribution in [-0.2, 0) is 14.3 Å². The lowest BCUT2D eigenvalue weighted by Crippen LogP contribution is -2.32. The number of ether oxygens (including phenoxy) is 1. The second-order valence-electron chi connectivity index (χ2n) is 6.57. The number of amides is 3. The van der Waals surface area contributed by atoms with Gasteiger partial charge in [0, 0.05) is 29.4 Å². The number of esters is 1. The average Bonchev–Trinajstić information content (AvgIpc) is 2.77. The third-order valence-corrected chi connectivity index (χ3v) is 4.95. The molecule has 0 unspecified atom stereocenters. The van der Waals surface area contributed by atoms with Crippen molar-refractivity contribution in [2.24, 2.45) is 0 Å². The van der Waals surface area contributed by atoms with E-state index in [-0.39, 0.29) is 16.5 Å². The Bertz CT molecular complexity index is 992. The van der Waals surface area contributed by atoms with Crippen molar-refractivity contribution in [3.05, 3.63) is 63.6 Å². The molecule has 0 saturated carbocycles. The molecule has 2 aromatic rings. The van der Waals surface area contributed by atoms with Crippen LogP contribution < -0.4 is 10.6 Å². The summed E-state index contributed by atoms with van der Waals surface area (Å²) in [7, 11) is 0. The van der Waals surface area contributed by atoms with Crippen LogP contribution in [0.1, 0.15) is 34.6 Å². The summed E-state index contributed by atoms with van der Waals surface area (Å²) in [6.45, 7) is 4.04. The van der Waals surface area contributed by atoms with Gasteiger partial charge >= 0.3 is 5.97 Å². The first-order valence-electron chi connectivity index (χ1n) is 9.83. The van der Waals surface area contributed by atoms with Crippen molar-refractivity contribution in [2.45, 2.75) is 13.8 Å². The normalized spacial score (nSPS) is 10.2. The number of nitrogens with zero attached hydrogens (tertiary/aromatic N) is 1. The number of hydrogen-bond acceptors (Lipinski definition) is 5.